The minimum absolute atomic E-state index is 0. The van der Waals surface area contributed by atoms with Crippen LogP contribution < -0.4 is 10.6 Å². The zero-order valence-electron chi connectivity index (χ0n) is 18.1. The van der Waals surface area contributed by atoms with E-state index in [1.807, 2.05) is 36.0 Å². The highest BCUT2D eigenvalue weighted by Crippen LogP contribution is 2.20. The number of nitrogens with one attached hydrogen (secondary N) is 2. The normalized spacial score (nSPS) is 11.2. The number of hydrogen-bond donors (Lipinski definition) is 2. The van der Waals surface area contributed by atoms with Crippen LogP contribution in [0.2, 0.25) is 5.02 Å². The number of halogens is 2. The second-order valence-corrected chi connectivity index (χ2v) is 7.45. The van der Waals surface area contributed by atoms with E-state index in [0.717, 1.165) is 30.8 Å². The van der Waals surface area contributed by atoms with Crippen molar-refractivity contribution in [2.45, 2.75) is 19.9 Å². The minimum atomic E-state index is 0. The second kappa shape index (κ2) is 12.4. The highest BCUT2D eigenvalue weighted by Gasteiger charge is 2.09. The van der Waals surface area contributed by atoms with Crippen LogP contribution in [-0.4, -0.2) is 39.0 Å². The van der Waals surface area contributed by atoms with Crippen LogP contribution in [-0.2, 0) is 13.0 Å². The fourth-order valence-corrected chi connectivity index (χ4v) is 3.30. The van der Waals surface area contributed by atoms with Crippen LogP contribution in [0.3, 0.4) is 0 Å². The van der Waals surface area contributed by atoms with Crippen LogP contribution >= 0.6 is 35.6 Å². The van der Waals surface area contributed by atoms with Crippen molar-refractivity contribution in [3.8, 4) is 17.1 Å². The molecule has 0 saturated carbocycles. The lowest BCUT2D eigenvalue weighted by molar-refractivity contribution is 0.380. The number of rotatable bonds is 8. The first-order valence-electron chi connectivity index (χ1n) is 10.4. The molecule has 2 aromatic carbocycles. The van der Waals surface area contributed by atoms with Gasteiger partial charge in [-0.1, -0.05) is 41.0 Å². The van der Waals surface area contributed by atoms with E-state index in [0.29, 0.717) is 22.7 Å². The van der Waals surface area contributed by atoms with Gasteiger partial charge in [-0.3, -0.25) is 0 Å². The number of nitrogens with zero attached hydrogens (tertiary/aromatic N) is 5. The van der Waals surface area contributed by atoms with Crippen molar-refractivity contribution in [3.63, 3.8) is 0 Å². The highest BCUT2D eigenvalue weighted by molar-refractivity contribution is 14.0. The molecule has 0 atom stereocenters. The second-order valence-electron chi connectivity index (χ2n) is 7.01. The summed E-state index contributed by atoms with van der Waals surface area (Å²) < 4.78 is 7.17. The van der Waals surface area contributed by atoms with Gasteiger partial charge in [0.2, 0.25) is 11.7 Å². The quantitative estimate of drug-likeness (QED) is 0.182. The van der Waals surface area contributed by atoms with Crippen molar-refractivity contribution in [1.29, 1.82) is 0 Å². The number of benzene rings is 2. The fraction of sp³-hybridized carbons (Fsp3) is 0.217. The van der Waals surface area contributed by atoms with Crippen LogP contribution in [0.1, 0.15) is 18.4 Å². The Labute approximate surface area is 214 Å². The smallest absolute Gasteiger partial charge is 0.248 e. The van der Waals surface area contributed by atoms with Crippen LogP contribution in [0.4, 0.5) is 0 Å². The van der Waals surface area contributed by atoms with Gasteiger partial charge in [0, 0.05) is 36.1 Å². The standard InChI is InChI=1S/C23H24ClN7O.HI/c1-2-25-23(26-13-11-17-7-9-20(10-8-17)31-14-4-12-28-31)27-16-21-29-22(30-32-21)18-5-3-6-19(24)15-18;/h3-10,12,14-15H,2,11,13,16H2,1H3,(H2,25,26,27);1H. The molecule has 0 radical (unpaired) electrons. The largest absolute Gasteiger partial charge is 0.357 e. The van der Waals surface area contributed by atoms with E-state index < -0.39 is 0 Å². The first-order valence-corrected chi connectivity index (χ1v) is 10.8. The maximum Gasteiger partial charge on any atom is 0.248 e. The summed E-state index contributed by atoms with van der Waals surface area (Å²) in [5.74, 6) is 1.63. The van der Waals surface area contributed by atoms with E-state index in [1.165, 1.54) is 5.56 Å². The molecule has 2 N–H and O–H groups in total. The van der Waals surface area contributed by atoms with Gasteiger partial charge in [0.05, 0.1) is 5.69 Å². The molecule has 0 unspecified atom stereocenters. The third kappa shape index (κ3) is 7.03. The van der Waals surface area contributed by atoms with Gasteiger partial charge in [-0.05, 0) is 49.2 Å². The zero-order valence-corrected chi connectivity index (χ0v) is 21.2. The summed E-state index contributed by atoms with van der Waals surface area (Å²) in [5, 5.41) is 15.5. The third-order valence-electron chi connectivity index (χ3n) is 4.68. The number of aliphatic imine (C=N–C) groups is 1. The van der Waals surface area contributed by atoms with Crippen molar-refractivity contribution >= 4 is 41.5 Å². The molecule has 0 amide bonds. The van der Waals surface area contributed by atoms with Crippen molar-refractivity contribution in [2.24, 2.45) is 4.99 Å². The third-order valence-corrected chi connectivity index (χ3v) is 4.91. The van der Waals surface area contributed by atoms with Gasteiger partial charge >= 0.3 is 0 Å². The molecule has 0 spiro atoms. The Morgan fingerprint density at radius 1 is 1.12 bits per heavy atom. The fourth-order valence-electron chi connectivity index (χ4n) is 3.11. The van der Waals surface area contributed by atoms with Gasteiger partial charge in [0.1, 0.15) is 6.54 Å². The Kier molecular flexibility index (Phi) is 9.25. The lowest BCUT2D eigenvalue weighted by Gasteiger charge is -2.11. The molecule has 2 heterocycles. The van der Waals surface area contributed by atoms with Gasteiger partial charge < -0.3 is 15.2 Å². The molecule has 4 rings (SSSR count). The molecule has 8 nitrogen and oxygen atoms in total. The summed E-state index contributed by atoms with van der Waals surface area (Å²) in [6.45, 7) is 3.79. The van der Waals surface area contributed by atoms with Crippen molar-refractivity contribution in [1.82, 2.24) is 30.6 Å². The first kappa shape index (κ1) is 24.7. The van der Waals surface area contributed by atoms with Crippen molar-refractivity contribution in [3.05, 3.63) is 83.5 Å². The van der Waals surface area contributed by atoms with Gasteiger partial charge in [-0.25, -0.2) is 9.67 Å². The molecule has 0 fully saturated rings. The molecule has 0 aliphatic rings. The van der Waals surface area contributed by atoms with Crippen LogP contribution in [0.15, 0.2) is 76.5 Å². The highest BCUT2D eigenvalue weighted by atomic mass is 127. The molecule has 4 aromatic rings. The minimum Gasteiger partial charge on any atom is -0.357 e. The lowest BCUT2D eigenvalue weighted by Crippen LogP contribution is -2.38. The Morgan fingerprint density at radius 2 is 1.97 bits per heavy atom. The Bertz CT molecular complexity index is 1160. The molecule has 33 heavy (non-hydrogen) atoms. The molecule has 0 aliphatic carbocycles. The first-order chi connectivity index (χ1) is 15.7. The van der Waals surface area contributed by atoms with E-state index in [9.17, 15) is 0 Å². The average molecular weight is 578 g/mol. The number of guanidine groups is 1. The molecular formula is C23H25ClIN7O. The summed E-state index contributed by atoms with van der Waals surface area (Å²) in [4.78, 5) is 8.95. The SMILES string of the molecule is CCNC(=NCc1nc(-c2cccc(Cl)c2)no1)NCCc1ccc(-n2cccn2)cc1.I. The molecular weight excluding hydrogens is 553 g/mol. The van der Waals surface area contributed by atoms with Crippen LogP contribution in [0.5, 0.6) is 0 Å². The molecule has 0 aliphatic heterocycles. The maximum atomic E-state index is 6.03. The number of hydrogen-bond acceptors (Lipinski definition) is 5. The van der Waals surface area contributed by atoms with Crippen molar-refractivity contribution in [2.75, 3.05) is 13.1 Å². The molecule has 2 aromatic heterocycles. The van der Waals surface area contributed by atoms with Crippen molar-refractivity contribution < 1.29 is 4.52 Å². The van der Waals surface area contributed by atoms with Gasteiger partial charge in [-0.2, -0.15) is 10.1 Å². The summed E-state index contributed by atoms with van der Waals surface area (Å²) in [7, 11) is 0. The van der Waals surface area contributed by atoms with E-state index in [-0.39, 0.29) is 30.5 Å². The Hall–Kier alpha value is -2.92. The summed E-state index contributed by atoms with van der Waals surface area (Å²) in [6.07, 6.45) is 4.56. The van der Waals surface area contributed by atoms with Gasteiger partial charge in [0.25, 0.3) is 0 Å². The van der Waals surface area contributed by atoms with Gasteiger partial charge in [0.15, 0.2) is 5.96 Å². The number of aromatic nitrogens is 4. The molecule has 0 bridgehead atoms. The summed E-state index contributed by atoms with van der Waals surface area (Å²) >= 11 is 6.03. The Morgan fingerprint density at radius 3 is 2.70 bits per heavy atom. The molecule has 172 valence electrons. The van der Waals surface area contributed by atoms with Crippen LogP contribution in [0, 0.1) is 0 Å². The van der Waals surface area contributed by atoms with E-state index in [2.05, 4.69) is 55.1 Å². The topological polar surface area (TPSA) is 93.2 Å². The predicted molar refractivity (Wildman–Crippen MR) is 140 cm³/mol. The summed E-state index contributed by atoms with van der Waals surface area (Å²) in [6, 6.07) is 17.6. The van der Waals surface area contributed by atoms with Gasteiger partial charge in [-0.15, -0.1) is 24.0 Å². The maximum absolute atomic E-state index is 6.03. The predicted octanol–water partition coefficient (Wildman–Crippen LogP) is 4.49. The average Bonchev–Trinajstić information content (AvgIpc) is 3.51. The lowest BCUT2D eigenvalue weighted by atomic mass is 10.1. The van der Waals surface area contributed by atoms with E-state index in [4.69, 9.17) is 16.1 Å². The Balaban J connectivity index is 0.00000306. The van der Waals surface area contributed by atoms with E-state index >= 15 is 0 Å². The zero-order chi connectivity index (χ0) is 22.2. The molecule has 0 saturated heterocycles. The van der Waals surface area contributed by atoms with Crippen LogP contribution in [0.25, 0.3) is 17.1 Å². The summed E-state index contributed by atoms with van der Waals surface area (Å²) in [5.41, 5.74) is 3.07. The molecule has 10 heteroatoms. The monoisotopic (exact) mass is 577 g/mol. The van der Waals surface area contributed by atoms with E-state index in [1.54, 1.807) is 18.3 Å².